The molecule has 154 valence electrons. The van der Waals surface area contributed by atoms with Crippen molar-refractivity contribution in [2.24, 2.45) is 5.92 Å². The van der Waals surface area contributed by atoms with Crippen LogP contribution in [0.1, 0.15) is 36.2 Å². The molecule has 0 radical (unpaired) electrons. The fourth-order valence-corrected chi connectivity index (χ4v) is 4.39. The molecule has 1 amide bonds. The van der Waals surface area contributed by atoms with Crippen LogP contribution in [-0.2, 0) is 24.2 Å². The number of hydrogen-bond donors (Lipinski definition) is 1. The van der Waals surface area contributed by atoms with Gasteiger partial charge in [-0.2, -0.15) is 0 Å². The number of nitrogens with one attached hydrogen (secondary N) is 1. The number of piperidine rings is 1. The number of anilines is 1. The highest BCUT2D eigenvalue weighted by atomic mass is 16.5. The first-order valence-corrected chi connectivity index (χ1v) is 10.6. The van der Waals surface area contributed by atoms with Gasteiger partial charge in [-0.1, -0.05) is 35.5 Å². The molecule has 1 aromatic carbocycles. The molecule has 0 bridgehead atoms. The molecule has 30 heavy (non-hydrogen) atoms. The maximum atomic E-state index is 12.5. The van der Waals surface area contributed by atoms with Crippen molar-refractivity contribution in [3.63, 3.8) is 0 Å². The van der Waals surface area contributed by atoms with E-state index in [1.807, 2.05) is 18.2 Å². The summed E-state index contributed by atoms with van der Waals surface area (Å²) >= 11 is 0. The molecular formula is C23H25N5O2. The summed E-state index contributed by atoms with van der Waals surface area (Å²) in [7, 11) is 0. The van der Waals surface area contributed by atoms with Gasteiger partial charge in [-0.3, -0.25) is 4.79 Å². The second kappa shape index (κ2) is 8.26. The maximum Gasteiger partial charge on any atom is 0.223 e. The Hall–Kier alpha value is -3.22. The Morgan fingerprint density at radius 1 is 1.10 bits per heavy atom. The van der Waals surface area contributed by atoms with Gasteiger partial charge in [0.05, 0.1) is 6.54 Å². The van der Waals surface area contributed by atoms with Gasteiger partial charge in [0, 0.05) is 41.9 Å². The Labute approximate surface area is 175 Å². The summed E-state index contributed by atoms with van der Waals surface area (Å²) < 4.78 is 4.81. The van der Waals surface area contributed by atoms with Gasteiger partial charge in [-0.25, -0.2) is 9.97 Å². The molecule has 1 aliphatic carbocycles. The molecule has 7 nitrogen and oxygen atoms in total. The fraction of sp³-hybridized carbons (Fsp3) is 0.391. The molecule has 1 saturated heterocycles. The minimum atomic E-state index is 0.0247. The van der Waals surface area contributed by atoms with E-state index in [0.717, 1.165) is 68.1 Å². The van der Waals surface area contributed by atoms with E-state index < -0.39 is 0 Å². The van der Waals surface area contributed by atoms with E-state index in [1.165, 1.54) is 17.5 Å². The topological polar surface area (TPSA) is 84.2 Å². The Morgan fingerprint density at radius 2 is 1.93 bits per heavy atom. The molecule has 0 atom stereocenters. The van der Waals surface area contributed by atoms with Crippen LogP contribution in [0, 0.1) is 5.92 Å². The van der Waals surface area contributed by atoms with E-state index in [0.29, 0.717) is 6.54 Å². The van der Waals surface area contributed by atoms with Crippen LogP contribution in [0.5, 0.6) is 0 Å². The third-order valence-electron chi connectivity index (χ3n) is 6.04. The average molecular weight is 403 g/mol. The van der Waals surface area contributed by atoms with Crippen molar-refractivity contribution >= 4 is 11.7 Å². The number of carbonyl (C=O) groups excluding carboxylic acids is 1. The van der Waals surface area contributed by atoms with E-state index in [4.69, 9.17) is 14.5 Å². The van der Waals surface area contributed by atoms with Crippen LogP contribution in [0.15, 0.2) is 47.2 Å². The van der Waals surface area contributed by atoms with Gasteiger partial charge in [0.1, 0.15) is 17.8 Å². The molecule has 1 aliphatic heterocycles. The number of amides is 1. The van der Waals surface area contributed by atoms with Crippen LogP contribution in [0.3, 0.4) is 0 Å². The molecule has 2 aliphatic rings. The van der Waals surface area contributed by atoms with Crippen molar-refractivity contribution in [2.45, 2.75) is 38.6 Å². The fourth-order valence-electron chi connectivity index (χ4n) is 4.39. The Kier molecular flexibility index (Phi) is 5.17. The lowest BCUT2D eigenvalue weighted by molar-refractivity contribution is -0.125. The number of nitrogens with zero attached hydrogens (tertiary/aromatic N) is 4. The van der Waals surface area contributed by atoms with Crippen molar-refractivity contribution in [3.05, 3.63) is 59.6 Å². The summed E-state index contributed by atoms with van der Waals surface area (Å²) in [5, 5.41) is 6.82. The third kappa shape index (κ3) is 3.79. The van der Waals surface area contributed by atoms with Crippen LogP contribution in [0.4, 0.5) is 5.82 Å². The Balaban J connectivity index is 1.29. The van der Waals surface area contributed by atoms with Crippen LogP contribution >= 0.6 is 0 Å². The monoisotopic (exact) mass is 403 g/mol. The molecule has 0 spiro atoms. The zero-order chi connectivity index (χ0) is 20.3. The van der Waals surface area contributed by atoms with Crippen LogP contribution in [0.2, 0.25) is 0 Å². The number of aryl methyl sites for hydroxylation is 1. The first kappa shape index (κ1) is 18.8. The van der Waals surface area contributed by atoms with Gasteiger partial charge in [0.15, 0.2) is 5.82 Å². The van der Waals surface area contributed by atoms with Gasteiger partial charge < -0.3 is 14.7 Å². The lowest BCUT2D eigenvalue weighted by atomic mass is 9.95. The summed E-state index contributed by atoms with van der Waals surface area (Å²) in [5.74, 6) is 1.99. The van der Waals surface area contributed by atoms with Gasteiger partial charge >= 0.3 is 0 Å². The second-order valence-electron chi connectivity index (χ2n) is 7.99. The van der Waals surface area contributed by atoms with Crippen molar-refractivity contribution in [1.29, 1.82) is 0 Å². The number of hydrogen-bond acceptors (Lipinski definition) is 6. The molecular weight excluding hydrogens is 378 g/mol. The number of aromatic nitrogens is 3. The summed E-state index contributed by atoms with van der Waals surface area (Å²) in [4.78, 5) is 24.7. The van der Waals surface area contributed by atoms with Crippen LogP contribution in [0.25, 0.3) is 11.4 Å². The number of carbonyl (C=O) groups is 1. The van der Waals surface area contributed by atoms with E-state index >= 15 is 0 Å². The largest absolute Gasteiger partial charge is 0.364 e. The molecule has 7 heteroatoms. The van der Waals surface area contributed by atoms with Gasteiger partial charge in [0.25, 0.3) is 0 Å². The summed E-state index contributed by atoms with van der Waals surface area (Å²) in [6.45, 7) is 2.08. The average Bonchev–Trinajstić information content (AvgIpc) is 3.49. The van der Waals surface area contributed by atoms with E-state index in [9.17, 15) is 4.79 Å². The minimum absolute atomic E-state index is 0.0247. The van der Waals surface area contributed by atoms with Crippen LogP contribution in [-0.4, -0.2) is 34.1 Å². The second-order valence-corrected chi connectivity index (χ2v) is 7.99. The van der Waals surface area contributed by atoms with Crippen molar-refractivity contribution in [3.8, 4) is 11.4 Å². The normalized spacial score (nSPS) is 16.5. The highest BCUT2D eigenvalue weighted by Crippen LogP contribution is 2.33. The molecule has 1 N–H and O–H groups in total. The van der Waals surface area contributed by atoms with Gasteiger partial charge in [-0.15, -0.1) is 0 Å². The first-order valence-electron chi connectivity index (χ1n) is 10.6. The standard InChI is InChI=1S/C23H25N5O2/c29-23(24-15-18-11-14-30-27-18)17-9-12-28(13-10-17)22-19-7-4-8-20(19)25-21(26-22)16-5-2-1-3-6-16/h1-3,5-6,11,14,17H,4,7-10,12-13,15H2,(H,24,29). The lowest BCUT2D eigenvalue weighted by Gasteiger charge is -2.33. The molecule has 0 saturated carbocycles. The molecule has 1 fully saturated rings. The predicted molar refractivity (Wildman–Crippen MR) is 113 cm³/mol. The summed E-state index contributed by atoms with van der Waals surface area (Å²) in [5.41, 5.74) is 4.27. The summed E-state index contributed by atoms with van der Waals surface area (Å²) in [6, 6.07) is 11.9. The number of rotatable bonds is 5. The lowest BCUT2D eigenvalue weighted by Crippen LogP contribution is -2.41. The number of fused-ring (bicyclic) bond motifs is 1. The van der Waals surface area contributed by atoms with Crippen molar-refractivity contribution < 1.29 is 9.32 Å². The van der Waals surface area contributed by atoms with Gasteiger partial charge in [0.2, 0.25) is 5.91 Å². The van der Waals surface area contributed by atoms with E-state index in [-0.39, 0.29) is 11.8 Å². The Bertz CT molecular complexity index is 1010. The van der Waals surface area contributed by atoms with E-state index in [1.54, 1.807) is 6.07 Å². The molecule has 3 heterocycles. The smallest absolute Gasteiger partial charge is 0.223 e. The molecule has 5 rings (SSSR count). The minimum Gasteiger partial charge on any atom is -0.364 e. The first-order chi connectivity index (χ1) is 14.8. The summed E-state index contributed by atoms with van der Waals surface area (Å²) in [6.07, 6.45) is 6.36. The maximum absolute atomic E-state index is 12.5. The van der Waals surface area contributed by atoms with Crippen molar-refractivity contribution in [2.75, 3.05) is 18.0 Å². The number of benzene rings is 1. The predicted octanol–water partition coefficient (Wildman–Crippen LogP) is 3.15. The SMILES string of the molecule is O=C(NCc1ccon1)C1CCN(c2nc(-c3ccccc3)nc3c2CCC3)CC1. The van der Waals surface area contributed by atoms with Gasteiger partial charge in [-0.05, 0) is 32.1 Å². The molecule has 3 aromatic rings. The van der Waals surface area contributed by atoms with Crippen LogP contribution < -0.4 is 10.2 Å². The van der Waals surface area contributed by atoms with E-state index in [2.05, 4.69) is 27.5 Å². The Morgan fingerprint density at radius 3 is 2.70 bits per heavy atom. The highest BCUT2D eigenvalue weighted by Gasteiger charge is 2.29. The highest BCUT2D eigenvalue weighted by molar-refractivity contribution is 5.79. The molecule has 2 aromatic heterocycles. The van der Waals surface area contributed by atoms with Crippen molar-refractivity contribution in [1.82, 2.24) is 20.4 Å². The zero-order valence-electron chi connectivity index (χ0n) is 16.9. The quantitative estimate of drug-likeness (QED) is 0.705. The molecule has 0 unspecified atom stereocenters. The zero-order valence-corrected chi connectivity index (χ0v) is 16.9. The third-order valence-corrected chi connectivity index (χ3v) is 6.04.